The Balaban J connectivity index is 0.00000144. The summed E-state index contributed by atoms with van der Waals surface area (Å²) in [4.78, 5) is 1.32. The molecule has 2 unspecified atom stereocenters. The molecule has 122 valence electrons. The predicted octanol–water partition coefficient (Wildman–Crippen LogP) is 4.00. The van der Waals surface area contributed by atoms with Crippen LogP contribution in [-0.4, -0.2) is 22.5 Å². The van der Waals surface area contributed by atoms with Crippen molar-refractivity contribution in [2.24, 2.45) is 11.8 Å². The molecule has 1 aromatic rings. The number of aliphatic hydroxyl groups is 1. The van der Waals surface area contributed by atoms with E-state index in [9.17, 15) is 5.11 Å². The van der Waals surface area contributed by atoms with E-state index >= 15 is 0 Å². The maximum absolute atomic E-state index is 10.8. The smallest absolute Gasteiger partial charge is 0.0670 e. The Bertz CT molecular complexity index is 518. The van der Waals surface area contributed by atoms with Crippen molar-refractivity contribution in [1.82, 2.24) is 5.32 Å². The van der Waals surface area contributed by atoms with Gasteiger partial charge in [0.1, 0.15) is 0 Å². The minimum atomic E-state index is -0.361. The van der Waals surface area contributed by atoms with E-state index in [0.717, 1.165) is 37.6 Å². The molecule has 4 fully saturated rings. The van der Waals surface area contributed by atoms with Gasteiger partial charge in [-0.2, -0.15) is 0 Å². The second-order valence-corrected chi connectivity index (χ2v) is 8.55. The van der Waals surface area contributed by atoms with Gasteiger partial charge in [-0.15, -0.1) is 24.2 Å². The van der Waals surface area contributed by atoms with Crippen LogP contribution in [0.2, 0.25) is 0 Å². The second-order valence-electron chi connectivity index (χ2n) is 7.67. The van der Waals surface area contributed by atoms with Crippen LogP contribution >= 0.6 is 24.2 Å². The number of benzene rings is 1. The molecule has 4 heteroatoms. The van der Waals surface area contributed by atoms with Gasteiger partial charge in [0.25, 0.3) is 0 Å². The van der Waals surface area contributed by atoms with E-state index in [0.29, 0.717) is 0 Å². The highest BCUT2D eigenvalue weighted by Gasteiger charge is 2.56. The monoisotopic (exact) mass is 339 g/mol. The molecule has 0 heterocycles. The fourth-order valence-electron chi connectivity index (χ4n) is 5.45. The lowest BCUT2D eigenvalue weighted by molar-refractivity contribution is -0.142. The lowest BCUT2D eigenvalue weighted by atomic mass is 9.51. The molecule has 22 heavy (non-hydrogen) atoms. The average Bonchev–Trinajstić information content (AvgIpc) is 2.43. The molecule has 0 aliphatic heterocycles. The Morgan fingerprint density at radius 3 is 2.32 bits per heavy atom. The van der Waals surface area contributed by atoms with E-state index in [2.05, 4.69) is 35.8 Å². The van der Waals surface area contributed by atoms with Crippen LogP contribution in [0.4, 0.5) is 0 Å². The van der Waals surface area contributed by atoms with Crippen LogP contribution in [0.1, 0.15) is 44.1 Å². The summed E-state index contributed by atoms with van der Waals surface area (Å²) in [6.07, 6.45) is 9.08. The van der Waals surface area contributed by atoms with Crippen molar-refractivity contribution >= 4 is 24.2 Å². The zero-order valence-corrected chi connectivity index (χ0v) is 14.8. The summed E-state index contributed by atoms with van der Waals surface area (Å²) in [5.41, 5.74) is 1.20. The fraction of sp³-hybridized carbons (Fsp3) is 0.667. The van der Waals surface area contributed by atoms with E-state index in [1.165, 1.54) is 29.7 Å². The van der Waals surface area contributed by atoms with Gasteiger partial charge in [0.15, 0.2) is 0 Å². The first-order valence-corrected chi connectivity index (χ1v) is 9.41. The number of rotatable bonds is 4. The van der Waals surface area contributed by atoms with E-state index < -0.39 is 0 Å². The normalized spacial score (nSPS) is 38.8. The maximum Gasteiger partial charge on any atom is 0.0670 e. The molecule has 0 spiro atoms. The average molecular weight is 340 g/mol. The molecule has 4 aliphatic carbocycles. The SMILES string of the molecule is CSc1ccc(CNC23CC4CC(CC(O)(C4)C2)C3)cc1.Cl. The molecule has 2 N–H and O–H groups in total. The summed E-state index contributed by atoms with van der Waals surface area (Å²) in [6.45, 7) is 0.935. The standard InChI is InChI=1S/C18H25NOS.ClH/c1-21-16-4-2-13(3-5-16)11-19-17-7-14-6-15(8-17)10-18(20,9-14)12-17;/h2-5,14-15,19-20H,6-12H2,1H3;1H. The summed E-state index contributed by atoms with van der Waals surface area (Å²) in [6, 6.07) is 8.87. The van der Waals surface area contributed by atoms with E-state index in [-0.39, 0.29) is 23.5 Å². The van der Waals surface area contributed by atoms with Crippen LogP contribution in [0.3, 0.4) is 0 Å². The van der Waals surface area contributed by atoms with E-state index in [4.69, 9.17) is 0 Å². The third-order valence-corrected chi connectivity index (χ3v) is 6.60. The topological polar surface area (TPSA) is 32.3 Å². The van der Waals surface area contributed by atoms with Crippen LogP contribution in [0.25, 0.3) is 0 Å². The maximum atomic E-state index is 10.8. The summed E-state index contributed by atoms with van der Waals surface area (Å²) < 4.78 is 0. The molecule has 5 rings (SSSR count). The number of hydrogen-bond donors (Lipinski definition) is 2. The molecular weight excluding hydrogens is 314 g/mol. The molecule has 1 aromatic carbocycles. The Morgan fingerprint density at radius 1 is 1.14 bits per heavy atom. The van der Waals surface area contributed by atoms with Crippen molar-refractivity contribution in [3.05, 3.63) is 29.8 Å². The Hall–Kier alpha value is -0.220. The molecular formula is C18H26ClNOS. The molecule has 0 amide bonds. The minimum Gasteiger partial charge on any atom is -0.390 e. The lowest BCUT2D eigenvalue weighted by Gasteiger charge is -2.60. The van der Waals surface area contributed by atoms with Gasteiger partial charge in [-0.05, 0) is 74.3 Å². The van der Waals surface area contributed by atoms with Crippen LogP contribution in [0.5, 0.6) is 0 Å². The second kappa shape index (κ2) is 6.01. The Labute approximate surface area is 143 Å². The van der Waals surface area contributed by atoms with Gasteiger partial charge in [-0.3, -0.25) is 0 Å². The van der Waals surface area contributed by atoms with Gasteiger partial charge in [0.2, 0.25) is 0 Å². The zero-order chi connectivity index (χ0) is 14.5. The van der Waals surface area contributed by atoms with Crippen molar-refractivity contribution in [3.63, 3.8) is 0 Å². The molecule has 0 saturated heterocycles. The summed E-state index contributed by atoms with van der Waals surface area (Å²) >= 11 is 1.79. The first kappa shape index (κ1) is 16.6. The third kappa shape index (κ3) is 3.06. The molecule has 4 bridgehead atoms. The molecule has 2 nitrogen and oxygen atoms in total. The van der Waals surface area contributed by atoms with Crippen molar-refractivity contribution in [1.29, 1.82) is 0 Å². The van der Waals surface area contributed by atoms with E-state index in [1.807, 2.05) is 0 Å². The summed E-state index contributed by atoms with van der Waals surface area (Å²) in [7, 11) is 0. The highest BCUT2D eigenvalue weighted by atomic mass is 35.5. The number of nitrogens with one attached hydrogen (secondary N) is 1. The van der Waals surface area contributed by atoms with Gasteiger partial charge in [0.05, 0.1) is 5.60 Å². The molecule has 2 atom stereocenters. The Morgan fingerprint density at radius 2 is 1.77 bits per heavy atom. The lowest BCUT2D eigenvalue weighted by Crippen LogP contribution is -2.64. The zero-order valence-electron chi connectivity index (χ0n) is 13.2. The van der Waals surface area contributed by atoms with Crippen LogP contribution in [0.15, 0.2) is 29.2 Å². The molecule has 0 aromatic heterocycles. The van der Waals surface area contributed by atoms with Crippen molar-refractivity contribution in [3.8, 4) is 0 Å². The third-order valence-electron chi connectivity index (χ3n) is 5.86. The molecule has 0 radical (unpaired) electrons. The largest absolute Gasteiger partial charge is 0.390 e. The van der Waals surface area contributed by atoms with Crippen molar-refractivity contribution in [2.45, 2.75) is 61.1 Å². The Kier molecular flexibility index (Phi) is 4.54. The number of thioether (sulfide) groups is 1. The summed E-state index contributed by atoms with van der Waals surface area (Å²) in [5, 5.41) is 14.6. The van der Waals surface area contributed by atoms with Gasteiger partial charge in [-0.25, -0.2) is 0 Å². The van der Waals surface area contributed by atoms with Gasteiger partial charge in [0, 0.05) is 17.0 Å². The number of halogens is 1. The fourth-order valence-corrected chi connectivity index (χ4v) is 5.86. The van der Waals surface area contributed by atoms with E-state index in [1.54, 1.807) is 11.8 Å². The highest BCUT2D eigenvalue weighted by molar-refractivity contribution is 7.98. The quantitative estimate of drug-likeness (QED) is 0.813. The molecule has 4 saturated carbocycles. The highest BCUT2D eigenvalue weighted by Crippen LogP contribution is 2.57. The van der Waals surface area contributed by atoms with Crippen molar-refractivity contribution in [2.75, 3.05) is 6.26 Å². The number of hydrogen-bond acceptors (Lipinski definition) is 3. The van der Waals surface area contributed by atoms with Gasteiger partial charge < -0.3 is 10.4 Å². The molecule has 4 aliphatic rings. The first-order valence-electron chi connectivity index (χ1n) is 8.19. The van der Waals surface area contributed by atoms with Gasteiger partial charge >= 0.3 is 0 Å². The van der Waals surface area contributed by atoms with Crippen LogP contribution in [0, 0.1) is 11.8 Å². The van der Waals surface area contributed by atoms with Crippen molar-refractivity contribution < 1.29 is 5.11 Å². The van der Waals surface area contributed by atoms with Gasteiger partial charge in [-0.1, -0.05) is 12.1 Å². The predicted molar refractivity (Wildman–Crippen MR) is 94.7 cm³/mol. The van der Waals surface area contributed by atoms with Crippen LogP contribution < -0.4 is 5.32 Å². The first-order chi connectivity index (χ1) is 10.1. The minimum absolute atomic E-state index is 0. The van der Waals surface area contributed by atoms with Crippen LogP contribution in [-0.2, 0) is 6.54 Å². The summed E-state index contributed by atoms with van der Waals surface area (Å²) in [5.74, 6) is 1.50.